The molecule has 1 aromatic carbocycles. The van der Waals surface area contributed by atoms with Gasteiger partial charge in [-0.2, -0.15) is 0 Å². The molecular formula is C17H22N2O3. The highest BCUT2D eigenvalue weighted by molar-refractivity contribution is 6.36. The summed E-state index contributed by atoms with van der Waals surface area (Å²) in [7, 11) is 3.34. The number of likely N-dealkylation sites (tertiary alicyclic amines) is 1. The molecule has 1 saturated heterocycles. The molecule has 0 bridgehead atoms. The van der Waals surface area contributed by atoms with Gasteiger partial charge in [0.15, 0.2) is 0 Å². The molecule has 0 aromatic heterocycles. The van der Waals surface area contributed by atoms with Crippen LogP contribution < -0.4 is 0 Å². The Balaban J connectivity index is 2.08. The lowest BCUT2D eigenvalue weighted by molar-refractivity contribution is -0.151. The Hall–Kier alpha value is -2.17. The number of benzene rings is 1. The summed E-state index contributed by atoms with van der Waals surface area (Å²) in [5.41, 5.74) is 0.813. The lowest BCUT2D eigenvalue weighted by atomic mass is 9.99. The first-order valence-corrected chi connectivity index (χ1v) is 7.59. The molecule has 1 fully saturated rings. The summed E-state index contributed by atoms with van der Waals surface area (Å²) in [6.07, 6.45) is 2.45. The average Bonchev–Trinajstić information content (AvgIpc) is 2.54. The van der Waals surface area contributed by atoms with Gasteiger partial charge in [-0.1, -0.05) is 30.3 Å². The van der Waals surface area contributed by atoms with Gasteiger partial charge in [0, 0.05) is 27.1 Å². The Bertz CT molecular complexity index is 554. The molecule has 118 valence electrons. The Labute approximate surface area is 130 Å². The van der Waals surface area contributed by atoms with Gasteiger partial charge in [0.1, 0.15) is 6.04 Å². The van der Waals surface area contributed by atoms with Crippen molar-refractivity contribution in [3.05, 3.63) is 35.9 Å². The zero-order valence-corrected chi connectivity index (χ0v) is 13.1. The van der Waals surface area contributed by atoms with Crippen LogP contribution in [0.25, 0.3) is 0 Å². The third-order valence-electron chi connectivity index (χ3n) is 3.94. The summed E-state index contributed by atoms with van der Waals surface area (Å²) in [4.78, 5) is 39.8. The van der Waals surface area contributed by atoms with E-state index in [0.717, 1.165) is 18.4 Å². The highest BCUT2D eigenvalue weighted by Crippen LogP contribution is 2.19. The molecule has 2 rings (SSSR count). The number of carbonyl (C=O) groups is 3. The molecule has 1 aliphatic rings. The topological polar surface area (TPSA) is 57.7 Å². The van der Waals surface area contributed by atoms with Gasteiger partial charge in [-0.15, -0.1) is 0 Å². The third-order valence-corrected chi connectivity index (χ3v) is 3.94. The second-order valence-electron chi connectivity index (χ2n) is 5.83. The van der Waals surface area contributed by atoms with Gasteiger partial charge in [0.25, 0.3) is 5.91 Å². The van der Waals surface area contributed by atoms with E-state index in [9.17, 15) is 14.4 Å². The summed E-state index contributed by atoms with van der Waals surface area (Å²) < 4.78 is 0. The second-order valence-corrected chi connectivity index (χ2v) is 5.83. The Kier molecular flexibility index (Phi) is 5.31. The van der Waals surface area contributed by atoms with E-state index in [4.69, 9.17) is 0 Å². The molecule has 1 aromatic rings. The first kappa shape index (κ1) is 16.2. The van der Waals surface area contributed by atoms with Crippen LogP contribution in [0.2, 0.25) is 0 Å². The minimum atomic E-state index is -0.538. The molecule has 22 heavy (non-hydrogen) atoms. The number of hydrogen-bond donors (Lipinski definition) is 0. The fourth-order valence-corrected chi connectivity index (χ4v) is 2.75. The molecule has 0 radical (unpaired) electrons. The first-order chi connectivity index (χ1) is 10.5. The average molecular weight is 302 g/mol. The Morgan fingerprint density at radius 1 is 1.14 bits per heavy atom. The SMILES string of the molecule is CN(C)C(=O)C1CCCCN1C(=O)C(=O)Cc1ccccc1. The smallest absolute Gasteiger partial charge is 0.290 e. The maximum atomic E-state index is 12.4. The number of amides is 2. The molecule has 0 N–H and O–H groups in total. The number of piperidine rings is 1. The number of Topliss-reactive ketones (excluding diaryl/α,β-unsaturated/α-hetero) is 1. The second kappa shape index (κ2) is 7.20. The lowest BCUT2D eigenvalue weighted by Gasteiger charge is -2.35. The normalized spacial score (nSPS) is 17.9. The van der Waals surface area contributed by atoms with E-state index < -0.39 is 17.7 Å². The quantitative estimate of drug-likeness (QED) is 0.787. The number of rotatable bonds is 4. The van der Waals surface area contributed by atoms with Crippen molar-refractivity contribution in [2.75, 3.05) is 20.6 Å². The van der Waals surface area contributed by atoms with Crippen LogP contribution in [0.15, 0.2) is 30.3 Å². The summed E-state index contributed by atoms with van der Waals surface area (Å²) in [5, 5.41) is 0. The maximum Gasteiger partial charge on any atom is 0.290 e. The summed E-state index contributed by atoms with van der Waals surface area (Å²) in [6.45, 7) is 0.476. The Morgan fingerprint density at radius 3 is 2.45 bits per heavy atom. The molecule has 0 spiro atoms. The predicted octanol–water partition coefficient (Wildman–Crippen LogP) is 1.27. The molecule has 5 nitrogen and oxygen atoms in total. The van der Waals surface area contributed by atoms with Crippen LogP contribution in [0.4, 0.5) is 0 Å². The molecule has 1 atom stereocenters. The van der Waals surface area contributed by atoms with Gasteiger partial charge >= 0.3 is 0 Å². The van der Waals surface area contributed by atoms with E-state index in [-0.39, 0.29) is 12.3 Å². The van der Waals surface area contributed by atoms with E-state index in [0.29, 0.717) is 13.0 Å². The van der Waals surface area contributed by atoms with Crippen LogP contribution in [-0.2, 0) is 20.8 Å². The van der Waals surface area contributed by atoms with E-state index >= 15 is 0 Å². The molecule has 0 saturated carbocycles. The van der Waals surface area contributed by atoms with E-state index in [2.05, 4.69) is 0 Å². The van der Waals surface area contributed by atoms with Crippen molar-refractivity contribution < 1.29 is 14.4 Å². The van der Waals surface area contributed by atoms with Crippen molar-refractivity contribution in [1.29, 1.82) is 0 Å². The van der Waals surface area contributed by atoms with Crippen molar-refractivity contribution >= 4 is 17.6 Å². The third kappa shape index (κ3) is 3.72. The largest absolute Gasteiger partial charge is 0.347 e. The monoisotopic (exact) mass is 302 g/mol. The van der Waals surface area contributed by atoms with Crippen LogP contribution in [0, 0.1) is 0 Å². The number of hydrogen-bond acceptors (Lipinski definition) is 3. The van der Waals surface area contributed by atoms with Gasteiger partial charge < -0.3 is 9.80 Å². The number of likely N-dealkylation sites (N-methyl/N-ethyl adjacent to an activating group) is 1. The van der Waals surface area contributed by atoms with E-state index in [1.807, 2.05) is 30.3 Å². The molecule has 2 amide bonds. The van der Waals surface area contributed by atoms with Crippen molar-refractivity contribution in [1.82, 2.24) is 9.80 Å². The molecule has 1 heterocycles. The van der Waals surface area contributed by atoms with E-state index in [1.165, 1.54) is 9.80 Å². The van der Waals surface area contributed by atoms with Gasteiger partial charge in [0.2, 0.25) is 11.7 Å². The van der Waals surface area contributed by atoms with Crippen molar-refractivity contribution in [2.24, 2.45) is 0 Å². The van der Waals surface area contributed by atoms with Crippen molar-refractivity contribution in [3.63, 3.8) is 0 Å². The molecular weight excluding hydrogens is 280 g/mol. The van der Waals surface area contributed by atoms with Gasteiger partial charge in [-0.25, -0.2) is 0 Å². The molecule has 1 unspecified atom stereocenters. The number of ketones is 1. The summed E-state index contributed by atoms with van der Waals surface area (Å²) >= 11 is 0. The van der Waals surface area contributed by atoms with Crippen LogP contribution in [-0.4, -0.2) is 54.1 Å². The van der Waals surface area contributed by atoms with E-state index in [1.54, 1.807) is 14.1 Å². The van der Waals surface area contributed by atoms with Gasteiger partial charge in [0.05, 0.1) is 0 Å². The fraction of sp³-hybridized carbons (Fsp3) is 0.471. The molecule has 0 aliphatic carbocycles. The highest BCUT2D eigenvalue weighted by Gasteiger charge is 2.35. The van der Waals surface area contributed by atoms with Crippen LogP contribution in [0.5, 0.6) is 0 Å². The zero-order valence-electron chi connectivity index (χ0n) is 13.1. The lowest BCUT2D eigenvalue weighted by Crippen LogP contribution is -2.53. The minimum Gasteiger partial charge on any atom is -0.347 e. The van der Waals surface area contributed by atoms with Crippen molar-refractivity contribution in [2.45, 2.75) is 31.7 Å². The highest BCUT2D eigenvalue weighted by atomic mass is 16.2. The Morgan fingerprint density at radius 2 is 1.82 bits per heavy atom. The van der Waals surface area contributed by atoms with Crippen LogP contribution in [0.1, 0.15) is 24.8 Å². The van der Waals surface area contributed by atoms with Crippen LogP contribution in [0.3, 0.4) is 0 Å². The predicted molar refractivity (Wildman–Crippen MR) is 83.2 cm³/mol. The molecule has 5 heteroatoms. The zero-order chi connectivity index (χ0) is 16.1. The standard InChI is InChI=1S/C17H22N2O3/c1-18(2)16(21)14-10-6-7-11-19(14)17(22)15(20)12-13-8-4-3-5-9-13/h3-5,8-9,14H,6-7,10-12H2,1-2H3. The number of carbonyl (C=O) groups excluding carboxylic acids is 3. The minimum absolute atomic E-state index is 0.0824. The van der Waals surface area contributed by atoms with Gasteiger partial charge in [-0.3, -0.25) is 14.4 Å². The maximum absolute atomic E-state index is 12.4. The first-order valence-electron chi connectivity index (χ1n) is 7.59. The fourth-order valence-electron chi connectivity index (χ4n) is 2.75. The number of nitrogens with zero attached hydrogens (tertiary/aromatic N) is 2. The van der Waals surface area contributed by atoms with Gasteiger partial charge in [-0.05, 0) is 24.8 Å². The summed E-state index contributed by atoms with van der Waals surface area (Å²) in [6, 6.07) is 8.69. The van der Waals surface area contributed by atoms with Crippen molar-refractivity contribution in [3.8, 4) is 0 Å². The van der Waals surface area contributed by atoms with Crippen LogP contribution >= 0.6 is 0 Å². The molecule has 1 aliphatic heterocycles. The summed E-state index contributed by atoms with van der Waals surface area (Å²) in [5.74, 6) is -1.10.